The molecule has 0 unspecified atom stereocenters. The van der Waals surface area contributed by atoms with Gasteiger partial charge in [-0.3, -0.25) is 0 Å². The van der Waals surface area contributed by atoms with E-state index in [1.54, 1.807) is 73.1 Å². The number of benzene rings is 2. The largest absolute Gasteiger partial charge is 0.439 e. The second kappa shape index (κ2) is 13.5. The molecule has 10 heteroatoms. The molecule has 186 valence electrons. The van der Waals surface area contributed by atoms with Crippen LogP contribution in [0.25, 0.3) is 0 Å². The first-order valence-electron chi connectivity index (χ1n) is 11.6. The van der Waals surface area contributed by atoms with E-state index >= 15 is 0 Å². The van der Waals surface area contributed by atoms with E-state index in [0.717, 1.165) is 38.8 Å². The number of nitrogens with zero attached hydrogens (tertiary/aromatic N) is 4. The Kier molecular flexibility index (Phi) is 9.53. The molecule has 2 aromatic carbocycles. The maximum Gasteiger partial charge on any atom is 0.225 e. The van der Waals surface area contributed by atoms with Crippen molar-refractivity contribution < 1.29 is 9.47 Å². The molecule has 4 aromatic rings. The number of unbranched alkanes of at least 4 members (excludes halogenated alkanes) is 3. The van der Waals surface area contributed by atoms with Gasteiger partial charge in [-0.05, 0) is 61.4 Å². The Hall–Kier alpha value is -3.62. The fourth-order valence-corrected chi connectivity index (χ4v) is 3.47. The molecule has 0 radical (unpaired) electrons. The van der Waals surface area contributed by atoms with Gasteiger partial charge in [-0.25, -0.2) is 9.97 Å². The van der Waals surface area contributed by atoms with Gasteiger partial charge in [0.05, 0.1) is 0 Å². The van der Waals surface area contributed by atoms with Crippen molar-refractivity contribution in [3.63, 3.8) is 0 Å². The molecule has 0 bridgehead atoms. The summed E-state index contributed by atoms with van der Waals surface area (Å²) >= 11 is 11.8. The van der Waals surface area contributed by atoms with Crippen molar-refractivity contribution in [3.05, 3.63) is 83.1 Å². The number of hydrogen-bond donors (Lipinski definition) is 2. The zero-order chi connectivity index (χ0) is 25.0. The predicted molar refractivity (Wildman–Crippen MR) is 143 cm³/mol. The molecule has 8 nitrogen and oxygen atoms in total. The average Bonchev–Trinajstić information content (AvgIpc) is 2.89. The molecule has 0 atom stereocenters. The van der Waals surface area contributed by atoms with Crippen LogP contribution in [0, 0.1) is 0 Å². The van der Waals surface area contributed by atoms with E-state index in [0.29, 0.717) is 45.2 Å². The molecule has 4 rings (SSSR count). The van der Waals surface area contributed by atoms with Gasteiger partial charge in [0.25, 0.3) is 0 Å². The summed E-state index contributed by atoms with van der Waals surface area (Å²) in [6, 6.07) is 17.7. The minimum atomic E-state index is 0.478. The third kappa shape index (κ3) is 8.55. The van der Waals surface area contributed by atoms with E-state index < -0.39 is 0 Å². The highest BCUT2D eigenvalue weighted by Crippen LogP contribution is 2.23. The Morgan fingerprint density at radius 1 is 0.556 bits per heavy atom. The van der Waals surface area contributed by atoms with E-state index in [1.807, 2.05) is 0 Å². The van der Waals surface area contributed by atoms with Crippen LogP contribution in [0.4, 0.5) is 11.9 Å². The van der Waals surface area contributed by atoms with Gasteiger partial charge in [0.1, 0.15) is 11.5 Å². The summed E-state index contributed by atoms with van der Waals surface area (Å²) in [7, 11) is 0. The van der Waals surface area contributed by atoms with Gasteiger partial charge in [0, 0.05) is 47.7 Å². The van der Waals surface area contributed by atoms with Crippen molar-refractivity contribution in [2.75, 3.05) is 23.7 Å². The molecule has 0 aliphatic heterocycles. The maximum absolute atomic E-state index is 5.91. The van der Waals surface area contributed by atoms with Gasteiger partial charge in [-0.2, -0.15) is 9.97 Å². The highest BCUT2D eigenvalue weighted by atomic mass is 35.5. The van der Waals surface area contributed by atoms with Crippen molar-refractivity contribution >= 4 is 35.1 Å². The lowest BCUT2D eigenvalue weighted by atomic mass is 10.2. The first-order valence-corrected chi connectivity index (χ1v) is 12.4. The van der Waals surface area contributed by atoms with Crippen LogP contribution in [0.1, 0.15) is 25.7 Å². The average molecular weight is 525 g/mol. The minimum absolute atomic E-state index is 0.478. The van der Waals surface area contributed by atoms with Crippen LogP contribution in [0.5, 0.6) is 23.3 Å². The molecule has 0 fully saturated rings. The van der Waals surface area contributed by atoms with Gasteiger partial charge in [0.15, 0.2) is 0 Å². The van der Waals surface area contributed by atoms with Crippen LogP contribution in [0.2, 0.25) is 10.0 Å². The molecule has 0 aliphatic rings. The van der Waals surface area contributed by atoms with E-state index in [9.17, 15) is 0 Å². The molecule has 2 heterocycles. The molecule has 0 saturated carbocycles. The van der Waals surface area contributed by atoms with Crippen molar-refractivity contribution in [2.24, 2.45) is 0 Å². The second-order valence-electron chi connectivity index (χ2n) is 7.82. The van der Waals surface area contributed by atoms with Crippen LogP contribution in [0.3, 0.4) is 0 Å². The molecule has 2 N–H and O–H groups in total. The van der Waals surface area contributed by atoms with E-state index in [2.05, 4.69) is 30.6 Å². The standard InChI is InChI=1S/C26H26Cl2N6O2/c27-19-5-9-21(10-6-19)35-23-13-17-31-25(33-23)29-15-3-1-2-4-16-30-26-32-18-14-24(34-26)36-22-11-7-20(28)8-12-22/h5-14,17-18H,1-4,15-16H2,(H,29,31,33)(H,30,32,34). The summed E-state index contributed by atoms with van der Waals surface area (Å²) in [5.41, 5.74) is 0. The monoisotopic (exact) mass is 524 g/mol. The number of hydrogen-bond acceptors (Lipinski definition) is 8. The summed E-state index contributed by atoms with van der Waals surface area (Å²) in [5.74, 6) is 3.38. The molecule has 0 spiro atoms. The zero-order valence-electron chi connectivity index (χ0n) is 19.5. The number of anilines is 2. The molecular formula is C26H26Cl2N6O2. The second-order valence-corrected chi connectivity index (χ2v) is 8.69. The number of rotatable bonds is 13. The van der Waals surface area contributed by atoms with Crippen molar-refractivity contribution in [1.29, 1.82) is 0 Å². The van der Waals surface area contributed by atoms with Crippen LogP contribution in [-0.2, 0) is 0 Å². The molecule has 0 saturated heterocycles. The molecular weight excluding hydrogens is 499 g/mol. The number of aromatic nitrogens is 4. The van der Waals surface area contributed by atoms with Crippen molar-refractivity contribution in [1.82, 2.24) is 19.9 Å². The zero-order valence-corrected chi connectivity index (χ0v) is 21.0. The predicted octanol–water partition coefficient (Wildman–Crippen LogP) is 7.24. The Balaban J connectivity index is 1.10. The van der Waals surface area contributed by atoms with Crippen LogP contribution in [0.15, 0.2) is 73.1 Å². The molecule has 2 aromatic heterocycles. The van der Waals surface area contributed by atoms with Crippen molar-refractivity contribution in [2.45, 2.75) is 25.7 Å². The topological polar surface area (TPSA) is 94.1 Å². The van der Waals surface area contributed by atoms with Gasteiger partial charge in [-0.1, -0.05) is 36.0 Å². The Morgan fingerprint density at radius 2 is 0.972 bits per heavy atom. The van der Waals surface area contributed by atoms with E-state index in [-0.39, 0.29) is 0 Å². The third-order valence-electron chi connectivity index (χ3n) is 5.00. The molecule has 0 amide bonds. The fourth-order valence-electron chi connectivity index (χ4n) is 3.22. The number of halogens is 2. The Morgan fingerprint density at radius 3 is 1.39 bits per heavy atom. The first kappa shape index (κ1) is 25.5. The van der Waals surface area contributed by atoms with Crippen LogP contribution >= 0.6 is 23.2 Å². The Bertz CT molecular complexity index is 1130. The highest BCUT2D eigenvalue weighted by Gasteiger charge is 2.04. The van der Waals surface area contributed by atoms with E-state index in [1.165, 1.54) is 0 Å². The SMILES string of the molecule is Clc1ccc(Oc2ccnc(NCCCCCCNc3nccc(Oc4ccc(Cl)cc4)n3)n2)cc1. The van der Waals surface area contributed by atoms with Crippen LogP contribution < -0.4 is 20.1 Å². The highest BCUT2D eigenvalue weighted by molar-refractivity contribution is 6.30. The quantitative estimate of drug-likeness (QED) is 0.176. The van der Waals surface area contributed by atoms with Gasteiger partial charge >= 0.3 is 0 Å². The molecule has 0 aliphatic carbocycles. The summed E-state index contributed by atoms with van der Waals surface area (Å²) in [6.07, 6.45) is 7.51. The summed E-state index contributed by atoms with van der Waals surface area (Å²) in [6.45, 7) is 1.57. The first-order chi connectivity index (χ1) is 17.6. The lowest BCUT2D eigenvalue weighted by Gasteiger charge is -2.09. The fraction of sp³-hybridized carbons (Fsp3) is 0.231. The van der Waals surface area contributed by atoms with Crippen LogP contribution in [-0.4, -0.2) is 33.0 Å². The normalized spacial score (nSPS) is 10.6. The summed E-state index contributed by atoms with van der Waals surface area (Å²) in [5, 5.41) is 7.81. The smallest absolute Gasteiger partial charge is 0.225 e. The Labute approximate surface area is 220 Å². The lowest BCUT2D eigenvalue weighted by Crippen LogP contribution is -2.07. The lowest BCUT2D eigenvalue weighted by molar-refractivity contribution is 0.462. The number of nitrogens with one attached hydrogen (secondary N) is 2. The summed E-state index contributed by atoms with van der Waals surface area (Å²) in [4.78, 5) is 17.3. The maximum atomic E-state index is 5.91. The van der Waals surface area contributed by atoms with Gasteiger partial charge in [-0.15, -0.1) is 0 Å². The molecule has 36 heavy (non-hydrogen) atoms. The van der Waals surface area contributed by atoms with E-state index in [4.69, 9.17) is 32.7 Å². The number of ether oxygens (including phenoxy) is 2. The minimum Gasteiger partial charge on any atom is -0.439 e. The van der Waals surface area contributed by atoms with Crippen molar-refractivity contribution in [3.8, 4) is 23.3 Å². The third-order valence-corrected chi connectivity index (χ3v) is 5.51. The van der Waals surface area contributed by atoms with Gasteiger partial charge < -0.3 is 20.1 Å². The van der Waals surface area contributed by atoms with Gasteiger partial charge in [0.2, 0.25) is 23.7 Å². The summed E-state index contributed by atoms with van der Waals surface area (Å²) < 4.78 is 11.5.